The molecule has 1 fully saturated rings. The third-order valence-electron chi connectivity index (χ3n) is 5.05. The maximum absolute atomic E-state index is 12.4. The molecular formula is C18H30N4O2. The number of piperidine rings is 1. The summed E-state index contributed by atoms with van der Waals surface area (Å²) in [4.78, 5) is 27.5. The molecule has 1 N–H and O–H groups in total. The first-order valence-corrected chi connectivity index (χ1v) is 8.77. The van der Waals surface area contributed by atoms with Crippen molar-refractivity contribution in [3.8, 4) is 0 Å². The Hall–Kier alpha value is -1.98. The fourth-order valence-electron chi connectivity index (χ4n) is 3.21. The van der Waals surface area contributed by atoms with Gasteiger partial charge in [0.1, 0.15) is 0 Å². The molecule has 1 aliphatic heterocycles. The lowest BCUT2D eigenvalue weighted by atomic mass is 10.0. The van der Waals surface area contributed by atoms with Gasteiger partial charge in [-0.2, -0.15) is 0 Å². The van der Waals surface area contributed by atoms with Crippen LogP contribution >= 0.6 is 0 Å². The van der Waals surface area contributed by atoms with Crippen molar-refractivity contribution in [2.75, 3.05) is 20.1 Å². The molecule has 6 nitrogen and oxygen atoms in total. The van der Waals surface area contributed by atoms with Crippen LogP contribution in [0.2, 0.25) is 0 Å². The monoisotopic (exact) mass is 334 g/mol. The molecule has 0 bridgehead atoms. The molecule has 1 atom stereocenters. The maximum atomic E-state index is 12.4. The van der Waals surface area contributed by atoms with E-state index in [0.29, 0.717) is 13.1 Å². The molecule has 0 aromatic carbocycles. The molecule has 0 radical (unpaired) electrons. The second kappa shape index (κ2) is 8.22. The Labute approximate surface area is 144 Å². The number of carbonyl (C=O) groups is 2. The van der Waals surface area contributed by atoms with Crippen LogP contribution < -0.4 is 5.32 Å². The number of hydrogen-bond donors (Lipinski definition) is 1. The van der Waals surface area contributed by atoms with Gasteiger partial charge in [-0.1, -0.05) is 0 Å². The number of urea groups is 1. The number of likely N-dealkylation sites (tertiary alicyclic amines) is 1. The number of rotatable bonds is 5. The molecule has 0 spiro atoms. The predicted molar refractivity (Wildman–Crippen MR) is 94.8 cm³/mol. The third-order valence-corrected chi connectivity index (χ3v) is 5.05. The molecule has 1 aromatic rings. The molecular weight excluding hydrogens is 304 g/mol. The standard InChI is InChI=1S/C18H30N4O2/c1-14(7-8-16-6-5-11-20(16)3)19-18(24)22-12-9-17(10-13-22)21(4)15(2)23/h5-6,11,14,17H,7-10,12-13H2,1-4H3,(H,19,24). The van der Waals surface area contributed by atoms with Gasteiger partial charge in [-0.25, -0.2) is 4.79 Å². The summed E-state index contributed by atoms with van der Waals surface area (Å²) in [5.41, 5.74) is 1.28. The molecule has 6 heteroatoms. The van der Waals surface area contributed by atoms with Gasteiger partial charge in [0, 0.05) is 58.1 Å². The van der Waals surface area contributed by atoms with Gasteiger partial charge < -0.3 is 19.7 Å². The quantitative estimate of drug-likeness (QED) is 0.895. The van der Waals surface area contributed by atoms with Crippen LogP contribution in [-0.4, -0.2) is 58.5 Å². The SMILES string of the molecule is CC(=O)N(C)C1CCN(C(=O)NC(C)CCc2cccn2C)CC1. The summed E-state index contributed by atoms with van der Waals surface area (Å²) in [6.07, 6.45) is 5.62. The zero-order valence-electron chi connectivity index (χ0n) is 15.3. The van der Waals surface area contributed by atoms with Crippen LogP contribution in [0.5, 0.6) is 0 Å². The molecule has 0 aliphatic carbocycles. The molecule has 1 aliphatic rings. The topological polar surface area (TPSA) is 57.6 Å². The van der Waals surface area contributed by atoms with Gasteiger partial charge >= 0.3 is 6.03 Å². The first-order chi connectivity index (χ1) is 11.4. The van der Waals surface area contributed by atoms with Gasteiger partial charge in [0.2, 0.25) is 5.91 Å². The van der Waals surface area contributed by atoms with Crippen LogP contribution in [0.25, 0.3) is 0 Å². The Bertz CT molecular complexity index is 561. The highest BCUT2D eigenvalue weighted by molar-refractivity contribution is 5.75. The predicted octanol–water partition coefficient (Wildman–Crippen LogP) is 2.00. The van der Waals surface area contributed by atoms with E-state index in [1.54, 1.807) is 11.8 Å². The highest BCUT2D eigenvalue weighted by atomic mass is 16.2. The molecule has 1 unspecified atom stereocenters. The highest BCUT2D eigenvalue weighted by Gasteiger charge is 2.26. The van der Waals surface area contributed by atoms with Crippen LogP contribution in [0.1, 0.15) is 38.8 Å². The second-order valence-electron chi connectivity index (χ2n) is 6.85. The molecule has 0 saturated carbocycles. The molecule has 2 heterocycles. The van der Waals surface area contributed by atoms with Crippen molar-refractivity contribution in [2.45, 2.75) is 51.6 Å². The summed E-state index contributed by atoms with van der Waals surface area (Å²) in [7, 11) is 3.88. The van der Waals surface area contributed by atoms with Crippen molar-refractivity contribution in [1.29, 1.82) is 0 Å². The van der Waals surface area contributed by atoms with Gasteiger partial charge in [-0.05, 0) is 44.7 Å². The summed E-state index contributed by atoms with van der Waals surface area (Å²) in [5, 5.41) is 3.10. The third kappa shape index (κ3) is 4.76. The first-order valence-electron chi connectivity index (χ1n) is 8.77. The number of nitrogens with one attached hydrogen (secondary N) is 1. The minimum Gasteiger partial charge on any atom is -0.354 e. The summed E-state index contributed by atoms with van der Waals surface area (Å²) in [6, 6.07) is 4.57. The molecule has 1 aromatic heterocycles. The van der Waals surface area contributed by atoms with Crippen molar-refractivity contribution < 1.29 is 9.59 Å². The normalized spacial score (nSPS) is 16.8. The van der Waals surface area contributed by atoms with Crippen molar-refractivity contribution in [2.24, 2.45) is 7.05 Å². The smallest absolute Gasteiger partial charge is 0.317 e. The van der Waals surface area contributed by atoms with Crippen LogP contribution in [0.3, 0.4) is 0 Å². The van der Waals surface area contributed by atoms with E-state index in [1.165, 1.54) is 5.69 Å². The second-order valence-corrected chi connectivity index (χ2v) is 6.85. The molecule has 24 heavy (non-hydrogen) atoms. The average molecular weight is 334 g/mol. The van der Waals surface area contributed by atoms with E-state index in [1.807, 2.05) is 31.3 Å². The summed E-state index contributed by atoms with van der Waals surface area (Å²) in [6.45, 7) is 5.06. The zero-order valence-corrected chi connectivity index (χ0v) is 15.3. The Morgan fingerprint density at radius 2 is 2.04 bits per heavy atom. The number of hydrogen-bond acceptors (Lipinski definition) is 2. The van der Waals surface area contributed by atoms with Gasteiger partial charge in [-0.15, -0.1) is 0 Å². The maximum Gasteiger partial charge on any atom is 0.317 e. The Kier molecular flexibility index (Phi) is 6.29. The lowest BCUT2D eigenvalue weighted by Gasteiger charge is -2.36. The van der Waals surface area contributed by atoms with E-state index in [2.05, 4.69) is 22.9 Å². The number of amides is 3. The van der Waals surface area contributed by atoms with Gasteiger partial charge in [-0.3, -0.25) is 4.79 Å². The van der Waals surface area contributed by atoms with E-state index in [0.717, 1.165) is 25.7 Å². The Balaban J connectivity index is 1.73. The first kappa shape index (κ1) is 18.4. The average Bonchev–Trinajstić information content (AvgIpc) is 2.97. The lowest BCUT2D eigenvalue weighted by Crippen LogP contribution is -2.51. The van der Waals surface area contributed by atoms with Crippen molar-refractivity contribution >= 4 is 11.9 Å². The van der Waals surface area contributed by atoms with E-state index < -0.39 is 0 Å². The van der Waals surface area contributed by atoms with Crippen molar-refractivity contribution in [1.82, 2.24) is 19.7 Å². The minimum absolute atomic E-state index is 0.0123. The van der Waals surface area contributed by atoms with Crippen LogP contribution in [-0.2, 0) is 18.3 Å². The minimum atomic E-state index is 0.0123. The van der Waals surface area contributed by atoms with E-state index >= 15 is 0 Å². The summed E-state index contributed by atoms with van der Waals surface area (Å²) < 4.78 is 2.12. The van der Waals surface area contributed by atoms with E-state index in [9.17, 15) is 9.59 Å². The zero-order chi connectivity index (χ0) is 17.7. The number of aryl methyl sites for hydroxylation is 2. The molecule has 3 amide bonds. The molecule has 2 rings (SSSR count). The summed E-state index contributed by atoms with van der Waals surface area (Å²) >= 11 is 0. The van der Waals surface area contributed by atoms with Crippen LogP contribution in [0.4, 0.5) is 4.79 Å². The van der Waals surface area contributed by atoms with E-state index in [-0.39, 0.29) is 24.0 Å². The fourth-order valence-corrected chi connectivity index (χ4v) is 3.21. The molecule has 134 valence electrons. The van der Waals surface area contributed by atoms with Crippen molar-refractivity contribution in [3.63, 3.8) is 0 Å². The lowest BCUT2D eigenvalue weighted by molar-refractivity contribution is -0.130. The van der Waals surface area contributed by atoms with Crippen LogP contribution in [0.15, 0.2) is 18.3 Å². The number of carbonyl (C=O) groups excluding carboxylic acids is 2. The van der Waals surface area contributed by atoms with Gasteiger partial charge in [0.05, 0.1) is 0 Å². The van der Waals surface area contributed by atoms with Gasteiger partial charge in [0.15, 0.2) is 0 Å². The van der Waals surface area contributed by atoms with Gasteiger partial charge in [0.25, 0.3) is 0 Å². The largest absolute Gasteiger partial charge is 0.354 e. The number of aromatic nitrogens is 1. The Morgan fingerprint density at radius 1 is 1.38 bits per heavy atom. The number of nitrogens with zero attached hydrogens (tertiary/aromatic N) is 3. The Morgan fingerprint density at radius 3 is 2.58 bits per heavy atom. The van der Waals surface area contributed by atoms with Crippen LogP contribution in [0, 0.1) is 0 Å². The summed E-state index contributed by atoms with van der Waals surface area (Å²) in [5.74, 6) is 0.0900. The highest BCUT2D eigenvalue weighted by Crippen LogP contribution is 2.16. The van der Waals surface area contributed by atoms with Crippen molar-refractivity contribution in [3.05, 3.63) is 24.0 Å². The molecule has 1 saturated heterocycles. The van der Waals surface area contributed by atoms with E-state index in [4.69, 9.17) is 0 Å². The fraction of sp³-hybridized carbons (Fsp3) is 0.667.